The van der Waals surface area contributed by atoms with Crippen LogP contribution in [0.2, 0.25) is 0 Å². The minimum Gasteiger partial charge on any atom is -0.491 e. The molecule has 3 nitrogen and oxygen atoms in total. The highest BCUT2D eigenvalue weighted by Crippen LogP contribution is 2.25. The van der Waals surface area contributed by atoms with E-state index in [-0.39, 0.29) is 6.10 Å². The third-order valence-electron chi connectivity index (χ3n) is 2.77. The molecule has 0 saturated heterocycles. The maximum atomic E-state index is 5.84. The van der Waals surface area contributed by atoms with Gasteiger partial charge in [0, 0.05) is 5.38 Å². The average molecular weight is 312 g/mol. The van der Waals surface area contributed by atoms with Crippen LogP contribution in [0.15, 0.2) is 35.7 Å². The van der Waals surface area contributed by atoms with Crippen molar-refractivity contribution in [2.45, 2.75) is 25.3 Å². The highest BCUT2D eigenvalue weighted by atomic mass is 35.5. The minimum atomic E-state index is 0.0244. The fourth-order valence-electron chi connectivity index (χ4n) is 1.76. The van der Waals surface area contributed by atoms with Gasteiger partial charge in [0.1, 0.15) is 23.5 Å². The summed E-state index contributed by atoms with van der Waals surface area (Å²) >= 11 is 7.37. The molecule has 0 N–H and O–H groups in total. The maximum absolute atomic E-state index is 5.84. The summed E-state index contributed by atoms with van der Waals surface area (Å²) in [6.07, 6.45) is 0.914. The number of para-hydroxylation sites is 1. The first-order chi connectivity index (χ1) is 9.83. The van der Waals surface area contributed by atoms with Crippen LogP contribution in [0.25, 0.3) is 0 Å². The van der Waals surface area contributed by atoms with E-state index in [1.54, 1.807) is 11.3 Å². The van der Waals surface area contributed by atoms with Gasteiger partial charge in [-0.15, -0.1) is 22.9 Å². The van der Waals surface area contributed by atoms with Gasteiger partial charge in [-0.05, 0) is 18.6 Å². The Balaban J connectivity index is 1.76. The SMILES string of the molecule is CCC(OCCOc1ccccc1)c1nc(CCl)cs1. The van der Waals surface area contributed by atoms with Gasteiger partial charge < -0.3 is 9.47 Å². The van der Waals surface area contributed by atoms with E-state index in [1.165, 1.54) is 0 Å². The predicted octanol–water partition coefficient (Wildman–Crippen LogP) is 4.43. The Bertz CT molecular complexity index is 504. The fraction of sp³-hybridized carbons (Fsp3) is 0.400. The van der Waals surface area contributed by atoms with Gasteiger partial charge >= 0.3 is 0 Å². The zero-order valence-electron chi connectivity index (χ0n) is 11.4. The van der Waals surface area contributed by atoms with Crippen molar-refractivity contribution in [3.63, 3.8) is 0 Å². The first kappa shape index (κ1) is 15.3. The van der Waals surface area contributed by atoms with Gasteiger partial charge in [-0.3, -0.25) is 0 Å². The van der Waals surface area contributed by atoms with E-state index in [0.29, 0.717) is 19.1 Å². The van der Waals surface area contributed by atoms with Crippen LogP contribution in [0.1, 0.15) is 30.2 Å². The molecule has 0 bridgehead atoms. The van der Waals surface area contributed by atoms with Crippen molar-refractivity contribution in [1.82, 2.24) is 4.98 Å². The molecule has 0 radical (unpaired) electrons. The fourth-order valence-corrected chi connectivity index (χ4v) is 2.94. The lowest BCUT2D eigenvalue weighted by Gasteiger charge is -2.14. The number of hydrogen-bond acceptors (Lipinski definition) is 4. The van der Waals surface area contributed by atoms with Crippen molar-refractivity contribution < 1.29 is 9.47 Å². The van der Waals surface area contributed by atoms with E-state index < -0.39 is 0 Å². The van der Waals surface area contributed by atoms with Gasteiger partial charge in [0.25, 0.3) is 0 Å². The zero-order valence-corrected chi connectivity index (χ0v) is 13.0. The van der Waals surface area contributed by atoms with Crippen LogP contribution in [-0.4, -0.2) is 18.2 Å². The number of alkyl halides is 1. The molecule has 2 aromatic rings. The van der Waals surface area contributed by atoms with Gasteiger partial charge in [-0.2, -0.15) is 0 Å². The first-order valence-corrected chi connectivity index (χ1v) is 8.04. The molecule has 1 aromatic heterocycles. The molecule has 108 valence electrons. The molecule has 0 aliphatic heterocycles. The number of nitrogens with zero attached hydrogens (tertiary/aromatic N) is 1. The molecule has 2 rings (SSSR count). The van der Waals surface area contributed by atoms with Gasteiger partial charge in [0.05, 0.1) is 18.2 Å². The zero-order chi connectivity index (χ0) is 14.2. The summed E-state index contributed by atoms with van der Waals surface area (Å²) in [7, 11) is 0. The minimum absolute atomic E-state index is 0.0244. The van der Waals surface area contributed by atoms with E-state index in [9.17, 15) is 0 Å². The molecule has 1 unspecified atom stereocenters. The average Bonchev–Trinajstić information content (AvgIpc) is 2.97. The quantitative estimate of drug-likeness (QED) is 0.534. The summed E-state index contributed by atoms with van der Waals surface area (Å²) in [4.78, 5) is 4.46. The largest absolute Gasteiger partial charge is 0.491 e. The maximum Gasteiger partial charge on any atom is 0.122 e. The Morgan fingerprint density at radius 3 is 2.70 bits per heavy atom. The molecule has 0 aliphatic rings. The third-order valence-corrected chi connectivity index (χ3v) is 4.03. The van der Waals surface area contributed by atoms with Crippen molar-refractivity contribution in [3.05, 3.63) is 46.4 Å². The van der Waals surface area contributed by atoms with Crippen LogP contribution in [0.3, 0.4) is 0 Å². The Morgan fingerprint density at radius 2 is 2.05 bits per heavy atom. The second-order valence-corrected chi connectivity index (χ2v) is 5.40. The molecule has 0 spiro atoms. The summed E-state index contributed by atoms with van der Waals surface area (Å²) in [5.74, 6) is 1.31. The van der Waals surface area contributed by atoms with E-state index in [2.05, 4.69) is 11.9 Å². The highest BCUT2D eigenvalue weighted by Gasteiger charge is 2.14. The summed E-state index contributed by atoms with van der Waals surface area (Å²) in [5.41, 5.74) is 0.911. The Labute approximate surface area is 128 Å². The van der Waals surface area contributed by atoms with Crippen molar-refractivity contribution in [1.29, 1.82) is 0 Å². The molecule has 20 heavy (non-hydrogen) atoms. The number of thiazole rings is 1. The van der Waals surface area contributed by atoms with Crippen LogP contribution in [0.5, 0.6) is 5.75 Å². The number of hydrogen-bond donors (Lipinski definition) is 0. The van der Waals surface area contributed by atoms with Crippen LogP contribution in [-0.2, 0) is 10.6 Å². The highest BCUT2D eigenvalue weighted by molar-refractivity contribution is 7.09. The summed E-state index contributed by atoms with van der Waals surface area (Å²) in [6.45, 7) is 3.17. The molecular weight excluding hydrogens is 294 g/mol. The van der Waals surface area contributed by atoms with E-state index in [1.807, 2.05) is 35.7 Å². The van der Waals surface area contributed by atoms with E-state index >= 15 is 0 Å². The lowest BCUT2D eigenvalue weighted by molar-refractivity contribution is 0.0305. The monoisotopic (exact) mass is 311 g/mol. The molecule has 1 atom stereocenters. The van der Waals surface area contributed by atoms with Crippen LogP contribution < -0.4 is 4.74 Å². The second-order valence-electron chi connectivity index (χ2n) is 4.24. The summed E-state index contributed by atoms with van der Waals surface area (Å²) in [6, 6.07) is 9.74. The number of rotatable bonds is 8. The first-order valence-electron chi connectivity index (χ1n) is 6.63. The number of halogens is 1. The van der Waals surface area contributed by atoms with Crippen LogP contribution >= 0.6 is 22.9 Å². The van der Waals surface area contributed by atoms with Crippen molar-refractivity contribution in [2.24, 2.45) is 0 Å². The van der Waals surface area contributed by atoms with Crippen molar-refractivity contribution >= 4 is 22.9 Å². The van der Waals surface area contributed by atoms with E-state index in [0.717, 1.165) is 22.9 Å². The summed E-state index contributed by atoms with van der Waals surface area (Å²) < 4.78 is 11.4. The standard InChI is InChI=1S/C15H18ClNO2S/c1-2-14(15-17-12(10-16)11-20-15)19-9-8-18-13-6-4-3-5-7-13/h3-7,11,14H,2,8-10H2,1H3. The topological polar surface area (TPSA) is 31.4 Å². The molecule has 0 fully saturated rings. The van der Waals surface area contributed by atoms with Crippen LogP contribution in [0.4, 0.5) is 0 Å². The number of ether oxygens (including phenoxy) is 2. The Kier molecular flexibility index (Phi) is 6.30. The van der Waals surface area contributed by atoms with Crippen molar-refractivity contribution in [2.75, 3.05) is 13.2 Å². The van der Waals surface area contributed by atoms with Crippen LogP contribution in [0, 0.1) is 0 Å². The molecule has 0 aliphatic carbocycles. The Hall–Kier alpha value is -1.10. The number of benzene rings is 1. The van der Waals surface area contributed by atoms with E-state index in [4.69, 9.17) is 21.1 Å². The van der Waals surface area contributed by atoms with Gasteiger partial charge in [-0.1, -0.05) is 25.1 Å². The van der Waals surface area contributed by atoms with Gasteiger partial charge in [0.2, 0.25) is 0 Å². The molecular formula is C15H18ClNO2S. The van der Waals surface area contributed by atoms with Gasteiger partial charge in [0.15, 0.2) is 0 Å². The lowest BCUT2D eigenvalue weighted by atomic mass is 10.3. The molecule has 0 amide bonds. The molecule has 0 saturated carbocycles. The predicted molar refractivity (Wildman–Crippen MR) is 82.6 cm³/mol. The molecule has 1 aromatic carbocycles. The normalized spacial score (nSPS) is 12.3. The second kappa shape index (κ2) is 8.25. The summed E-state index contributed by atoms with van der Waals surface area (Å²) in [5, 5.41) is 2.97. The molecule has 1 heterocycles. The lowest BCUT2D eigenvalue weighted by Crippen LogP contribution is -2.11. The number of aromatic nitrogens is 1. The smallest absolute Gasteiger partial charge is 0.122 e. The third kappa shape index (κ3) is 4.47. The van der Waals surface area contributed by atoms with Crippen molar-refractivity contribution in [3.8, 4) is 5.75 Å². The Morgan fingerprint density at radius 1 is 1.25 bits per heavy atom. The molecule has 5 heteroatoms. The van der Waals surface area contributed by atoms with Gasteiger partial charge in [-0.25, -0.2) is 4.98 Å².